The summed E-state index contributed by atoms with van der Waals surface area (Å²) in [6, 6.07) is 4.86. The summed E-state index contributed by atoms with van der Waals surface area (Å²) < 4.78 is 38.4. The van der Waals surface area contributed by atoms with Gasteiger partial charge in [-0.05, 0) is 37.8 Å². The highest BCUT2D eigenvalue weighted by Gasteiger charge is 2.25. The molecule has 1 aromatic rings. The van der Waals surface area contributed by atoms with Crippen molar-refractivity contribution in [1.29, 1.82) is 0 Å². The molecule has 1 saturated carbocycles. The average Bonchev–Trinajstić information content (AvgIpc) is 2.49. The van der Waals surface area contributed by atoms with Gasteiger partial charge in [0.25, 0.3) is 0 Å². The van der Waals surface area contributed by atoms with Crippen LogP contribution in [0, 0.1) is 0 Å². The van der Waals surface area contributed by atoms with Crippen molar-refractivity contribution < 1.29 is 17.9 Å². The molecule has 1 aromatic carbocycles. The average molecular weight is 312 g/mol. The van der Waals surface area contributed by atoms with Gasteiger partial charge in [-0.1, -0.05) is 0 Å². The highest BCUT2D eigenvalue weighted by atomic mass is 32.2. The lowest BCUT2D eigenvalue weighted by atomic mass is 9.93. The lowest BCUT2D eigenvalue weighted by Gasteiger charge is -2.26. The first-order valence-electron chi connectivity index (χ1n) is 7.22. The van der Waals surface area contributed by atoms with Crippen LogP contribution in [0.25, 0.3) is 0 Å². The molecule has 1 aliphatic heterocycles. The Bertz CT molecular complexity index is 609. The summed E-state index contributed by atoms with van der Waals surface area (Å²) >= 11 is 0. The van der Waals surface area contributed by atoms with Crippen molar-refractivity contribution in [2.75, 3.05) is 13.2 Å². The standard InChI is InChI=1S/C14H20N2O4S/c15-10-1-3-11(4-2-10)16-21(17,18)12-5-6-13-14(9-12)20-8-7-19-13/h5-6,9-11,16H,1-4,7-8,15H2. The van der Waals surface area contributed by atoms with Gasteiger partial charge in [-0.25, -0.2) is 13.1 Å². The third-order valence-electron chi connectivity index (χ3n) is 3.92. The van der Waals surface area contributed by atoms with Crippen LogP contribution in [0.15, 0.2) is 23.1 Å². The lowest BCUT2D eigenvalue weighted by Crippen LogP contribution is -2.40. The van der Waals surface area contributed by atoms with Crippen LogP contribution in [-0.4, -0.2) is 33.7 Å². The van der Waals surface area contributed by atoms with E-state index in [1.165, 1.54) is 6.07 Å². The van der Waals surface area contributed by atoms with E-state index < -0.39 is 10.0 Å². The van der Waals surface area contributed by atoms with Crippen molar-refractivity contribution in [3.8, 4) is 11.5 Å². The molecule has 0 spiro atoms. The molecule has 21 heavy (non-hydrogen) atoms. The minimum atomic E-state index is -3.54. The van der Waals surface area contributed by atoms with Crippen molar-refractivity contribution in [3.63, 3.8) is 0 Å². The van der Waals surface area contributed by atoms with Crippen LogP contribution in [-0.2, 0) is 10.0 Å². The third-order valence-corrected chi connectivity index (χ3v) is 5.44. The molecule has 0 radical (unpaired) electrons. The van der Waals surface area contributed by atoms with Crippen molar-refractivity contribution >= 4 is 10.0 Å². The molecule has 1 aliphatic carbocycles. The number of hydrogen-bond acceptors (Lipinski definition) is 5. The van der Waals surface area contributed by atoms with E-state index in [9.17, 15) is 8.42 Å². The van der Waals surface area contributed by atoms with E-state index in [0.717, 1.165) is 25.7 Å². The van der Waals surface area contributed by atoms with Gasteiger partial charge in [-0.15, -0.1) is 0 Å². The van der Waals surface area contributed by atoms with Crippen molar-refractivity contribution in [2.24, 2.45) is 5.73 Å². The van der Waals surface area contributed by atoms with Crippen molar-refractivity contribution in [2.45, 2.75) is 42.7 Å². The highest BCUT2D eigenvalue weighted by molar-refractivity contribution is 7.89. The van der Waals surface area contributed by atoms with Gasteiger partial charge in [0.2, 0.25) is 10.0 Å². The Morgan fingerprint density at radius 1 is 1.05 bits per heavy atom. The predicted octanol–water partition coefficient (Wildman–Crippen LogP) is 1.01. The van der Waals surface area contributed by atoms with Gasteiger partial charge in [0, 0.05) is 18.2 Å². The second kappa shape index (κ2) is 5.82. The number of nitrogens with one attached hydrogen (secondary N) is 1. The molecule has 6 nitrogen and oxygen atoms in total. The van der Waals surface area contributed by atoms with Gasteiger partial charge in [-0.2, -0.15) is 0 Å². The minimum Gasteiger partial charge on any atom is -0.486 e. The fourth-order valence-corrected chi connectivity index (χ4v) is 4.04. The first-order chi connectivity index (χ1) is 10.0. The quantitative estimate of drug-likeness (QED) is 0.869. The Hall–Kier alpha value is -1.31. The van der Waals surface area contributed by atoms with Crippen LogP contribution in [0.2, 0.25) is 0 Å². The van der Waals surface area contributed by atoms with Gasteiger partial charge in [-0.3, -0.25) is 0 Å². The number of ether oxygens (including phenoxy) is 2. The van der Waals surface area contributed by atoms with Crippen LogP contribution < -0.4 is 19.9 Å². The molecule has 0 aromatic heterocycles. The summed E-state index contributed by atoms with van der Waals surface area (Å²) in [5.41, 5.74) is 5.84. The van der Waals surface area contributed by atoms with E-state index in [4.69, 9.17) is 15.2 Å². The smallest absolute Gasteiger partial charge is 0.240 e. The molecule has 0 bridgehead atoms. The molecule has 1 fully saturated rings. The molecule has 0 unspecified atom stereocenters. The summed E-state index contributed by atoms with van der Waals surface area (Å²) in [7, 11) is -3.54. The molecule has 1 heterocycles. The SMILES string of the molecule is NC1CCC(NS(=O)(=O)c2ccc3c(c2)OCCO3)CC1. The number of nitrogens with two attached hydrogens (primary N) is 1. The molecular weight excluding hydrogens is 292 g/mol. The molecule has 0 saturated heterocycles. The van der Waals surface area contributed by atoms with Crippen LogP contribution in [0.4, 0.5) is 0 Å². The van der Waals surface area contributed by atoms with Crippen LogP contribution in [0.1, 0.15) is 25.7 Å². The predicted molar refractivity (Wildman–Crippen MR) is 78.0 cm³/mol. The van der Waals surface area contributed by atoms with E-state index in [1.54, 1.807) is 12.1 Å². The Kier molecular flexibility index (Phi) is 4.05. The first-order valence-corrected chi connectivity index (χ1v) is 8.70. The zero-order valence-electron chi connectivity index (χ0n) is 11.7. The zero-order valence-corrected chi connectivity index (χ0v) is 12.6. The Balaban J connectivity index is 1.75. The molecule has 0 amide bonds. The normalized spacial score (nSPS) is 25.6. The van der Waals surface area contributed by atoms with E-state index in [1.807, 2.05) is 0 Å². The molecule has 7 heteroatoms. The fourth-order valence-electron chi connectivity index (χ4n) is 2.72. The minimum absolute atomic E-state index is 0.0389. The molecule has 0 atom stereocenters. The summed E-state index contributed by atoms with van der Waals surface area (Å²) in [5, 5.41) is 0. The zero-order chi connectivity index (χ0) is 14.9. The van der Waals surface area contributed by atoms with Gasteiger partial charge >= 0.3 is 0 Å². The summed E-state index contributed by atoms with van der Waals surface area (Å²) in [4.78, 5) is 0.210. The molecular formula is C14H20N2O4S. The maximum atomic E-state index is 12.4. The first kappa shape index (κ1) is 14.6. The summed E-state index contributed by atoms with van der Waals surface area (Å²) in [6.45, 7) is 0.921. The number of hydrogen-bond donors (Lipinski definition) is 2. The van der Waals surface area contributed by atoms with E-state index in [2.05, 4.69) is 4.72 Å². The Morgan fingerprint density at radius 3 is 2.43 bits per heavy atom. The number of fused-ring (bicyclic) bond motifs is 1. The lowest BCUT2D eigenvalue weighted by molar-refractivity contribution is 0.171. The van der Waals surface area contributed by atoms with Crippen molar-refractivity contribution in [1.82, 2.24) is 4.72 Å². The Morgan fingerprint density at radius 2 is 1.71 bits per heavy atom. The summed E-state index contributed by atoms with van der Waals surface area (Å²) in [5.74, 6) is 1.07. The fraction of sp³-hybridized carbons (Fsp3) is 0.571. The van der Waals surface area contributed by atoms with Crippen LogP contribution >= 0.6 is 0 Å². The van der Waals surface area contributed by atoms with Gasteiger partial charge in [0.15, 0.2) is 11.5 Å². The van der Waals surface area contributed by atoms with E-state index in [0.29, 0.717) is 24.7 Å². The highest BCUT2D eigenvalue weighted by Crippen LogP contribution is 2.32. The van der Waals surface area contributed by atoms with Gasteiger partial charge in [0.1, 0.15) is 13.2 Å². The number of rotatable bonds is 3. The molecule has 116 valence electrons. The second-order valence-corrected chi connectivity index (χ2v) is 7.25. The van der Waals surface area contributed by atoms with Crippen molar-refractivity contribution in [3.05, 3.63) is 18.2 Å². The third kappa shape index (κ3) is 3.30. The summed E-state index contributed by atoms with van der Waals surface area (Å²) in [6.07, 6.45) is 3.28. The van der Waals surface area contributed by atoms with E-state index >= 15 is 0 Å². The van der Waals surface area contributed by atoms with Gasteiger partial charge in [0.05, 0.1) is 4.90 Å². The second-order valence-electron chi connectivity index (χ2n) is 5.54. The maximum Gasteiger partial charge on any atom is 0.240 e. The van der Waals surface area contributed by atoms with Crippen LogP contribution in [0.3, 0.4) is 0 Å². The maximum absolute atomic E-state index is 12.4. The molecule has 3 rings (SSSR count). The Labute approximate surface area is 124 Å². The molecule has 2 aliphatic rings. The number of benzene rings is 1. The van der Waals surface area contributed by atoms with Gasteiger partial charge < -0.3 is 15.2 Å². The van der Waals surface area contributed by atoms with Crippen LogP contribution in [0.5, 0.6) is 11.5 Å². The van der Waals surface area contributed by atoms with E-state index in [-0.39, 0.29) is 17.0 Å². The molecule has 3 N–H and O–H groups in total. The topological polar surface area (TPSA) is 90.7 Å². The monoisotopic (exact) mass is 312 g/mol. The number of sulfonamides is 1. The largest absolute Gasteiger partial charge is 0.486 e.